The van der Waals surface area contributed by atoms with Gasteiger partial charge in [-0.2, -0.15) is 0 Å². The average Bonchev–Trinajstić information content (AvgIpc) is 3.20. The van der Waals surface area contributed by atoms with Crippen molar-refractivity contribution < 1.29 is 9.59 Å². The summed E-state index contributed by atoms with van der Waals surface area (Å²) in [5.41, 5.74) is 1.04. The van der Waals surface area contributed by atoms with E-state index in [0.29, 0.717) is 19.5 Å². The van der Waals surface area contributed by atoms with Crippen LogP contribution in [0.25, 0.3) is 0 Å². The van der Waals surface area contributed by atoms with E-state index >= 15 is 0 Å². The van der Waals surface area contributed by atoms with Gasteiger partial charge < -0.3 is 15.1 Å². The number of carbonyl (C=O) groups excluding carboxylic acids is 2. The summed E-state index contributed by atoms with van der Waals surface area (Å²) in [5, 5.41) is 3.94. The second-order valence-electron chi connectivity index (χ2n) is 7.62. The number of benzene rings is 1. The molecular weight excluding hydrogens is 338 g/mol. The smallest absolute Gasteiger partial charge is 0.225 e. The van der Waals surface area contributed by atoms with Gasteiger partial charge in [0.2, 0.25) is 11.8 Å². The molecule has 0 unspecified atom stereocenters. The van der Waals surface area contributed by atoms with Crippen molar-refractivity contribution in [3.8, 4) is 0 Å². The highest BCUT2D eigenvalue weighted by atomic mass is 35.5. The third kappa shape index (κ3) is 4.73. The minimum atomic E-state index is -0.225. The maximum atomic E-state index is 12.7. The fraction of sp³-hybridized carbons (Fsp3) is 0.579. The van der Waals surface area contributed by atoms with Crippen LogP contribution < -0.4 is 5.32 Å². The molecule has 0 bridgehead atoms. The highest BCUT2D eigenvalue weighted by Crippen LogP contribution is 2.39. The van der Waals surface area contributed by atoms with E-state index in [1.54, 1.807) is 0 Å². The van der Waals surface area contributed by atoms with Crippen LogP contribution in [0.2, 0.25) is 5.02 Å². The highest BCUT2D eigenvalue weighted by Gasteiger charge is 2.46. The monoisotopic (exact) mass is 363 g/mol. The number of carbonyl (C=O) groups is 2. The van der Waals surface area contributed by atoms with Crippen LogP contribution >= 0.6 is 11.6 Å². The van der Waals surface area contributed by atoms with E-state index in [1.807, 2.05) is 48.2 Å². The zero-order valence-corrected chi connectivity index (χ0v) is 15.7. The van der Waals surface area contributed by atoms with E-state index in [2.05, 4.69) is 5.32 Å². The Kier molecular flexibility index (Phi) is 5.35. The summed E-state index contributed by atoms with van der Waals surface area (Å²) >= 11 is 5.93. The fourth-order valence-electron chi connectivity index (χ4n) is 3.34. The topological polar surface area (TPSA) is 52.6 Å². The van der Waals surface area contributed by atoms with E-state index in [4.69, 9.17) is 11.6 Å². The van der Waals surface area contributed by atoms with Crippen LogP contribution in [0.5, 0.6) is 0 Å². The van der Waals surface area contributed by atoms with E-state index < -0.39 is 0 Å². The summed E-state index contributed by atoms with van der Waals surface area (Å²) in [6, 6.07) is 7.79. The molecule has 1 heterocycles. The standard InChI is InChI=1S/C19H26ClN3O2/c1-22(2)9-10-23-13-15(11-17(23)24)18(25)21-19(7-8-19)12-14-3-5-16(20)6-4-14/h3-6,15H,7-13H2,1-2H3,(H,21,25)/t15-/m1/s1. The molecule has 0 radical (unpaired) electrons. The molecule has 5 nitrogen and oxygen atoms in total. The maximum absolute atomic E-state index is 12.7. The van der Waals surface area contributed by atoms with Crippen LogP contribution in [-0.2, 0) is 16.0 Å². The first-order valence-corrected chi connectivity index (χ1v) is 9.24. The third-order valence-electron chi connectivity index (χ3n) is 5.10. The Hall–Kier alpha value is -1.59. The number of halogens is 1. The van der Waals surface area contributed by atoms with Gasteiger partial charge in [-0.3, -0.25) is 9.59 Å². The molecule has 1 aliphatic carbocycles. The molecule has 2 amide bonds. The van der Waals surface area contributed by atoms with Gasteiger partial charge in [0.15, 0.2) is 0 Å². The molecule has 2 fully saturated rings. The number of nitrogens with zero attached hydrogens (tertiary/aromatic N) is 2. The summed E-state index contributed by atoms with van der Waals surface area (Å²) in [6.45, 7) is 2.04. The number of hydrogen-bond donors (Lipinski definition) is 1. The van der Waals surface area contributed by atoms with E-state index in [1.165, 1.54) is 5.56 Å². The molecule has 1 aromatic rings. The van der Waals surface area contributed by atoms with Gasteiger partial charge >= 0.3 is 0 Å². The van der Waals surface area contributed by atoms with Gasteiger partial charge in [0.25, 0.3) is 0 Å². The minimum absolute atomic E-state index is 0.0205. The molecule has 1 atom stereocenters. The first-order chi connectivity index (χ1) is 11.9. The summed E-state index contributed by atoms with van der Waals surface area (Å²) in [7, 11) is 3.97. The first-order valence-electron chi connectivity index (χ1n) is 8.86. The van der Waals surface area contributed by atoms with Crippen LogP contribution in [0.1, 0.15) is 24.8 Å². The number of nitrogens with one attached hydrogen (secondary N) is 1. The molecule has 1 saturated carbocycles. The van der Waals surface area contributed by atoms with Crippen molar-refractivity contribution in [2.24, 2.45) is 5.92 Å². The van der Waals surface area contributed by atoms with Gasteiger partial charge in [-0.15, -0.1) is 0 Å². The first kappa shape index (κ1) is 18.2. The van der Waals surface area contributed by atoms with Gasteiger partial charge in [0.1, 0.15) is 0 Å². The minimum Gasteiger partial charge on any atom is -0.350 e. The second kappa shape index (κ2) is 7.34. The van der Waals surface area contributed by atoms with Crippen LogP contribution in [0.4, 0.5) is 0 Å². The molecular formula is C19H26ClN3O2. The average molecular weight is 364 g/mol. The Morgan fingerprint density at radius 1 is 1.32 bits per heavy atom. The number of hydrogen-bond acceptors (Lipinski definition) is 3. The number of rotatable bonds is 7. The lowest BCUT2D eigenvalue weighted by atomic mass is 10.0. The quantitative estimate of drug-likeness (QED) is 0.805. The summed E-state index contributed by atoms with van der Waals surface area (Å²) < 4.78 is 0. The van der Waals surface area contributed by atoms with Crippen LogP contribution in [-0.4, -0.2) is 60.9 Å². The molecule has 3 rings (SSSR count). The lowest BCUT2D eigenvalue weighted by Gasteiger charge is -2.21. The maximum Gasteiger partial charge on any atom is 0.225 e. The number of amides is 2. The van der Waals surface area contributed by atoms with Crippen molar-refractivity contribution in [1.82, 2.24) is 15.1 Å². The largest absolute Gasteiger partial charge is 0.350 e. The lowest BCUT2D eigenvalue weighted by Crippen LogP contribution is -2.43. The van der Waals surface area contributed by atoms with Gasteiger partial charge in [0.05, 0.1) is 5.92 Å². The fourth-order valence-corrected chi connectivity index (χ4v) is 3.46. The molecule has 1 aromatic carbocycles. The Morgan fingerprint density at radius 3 is 2.60 bits per heavy atom. The zero-order valence-electron chi connectivity index (χ0n) is 14.9. The van der Waals surface area contributed by atoms with Gasteiger partial charge in [-0.25, -0.2) is 0 Å². The van der Waals surface area contributed by atoms with Gasteiger partial charge in [-0.1, -0.05) is 23.7 Å². The molecule has 25 heavy (non-hydrogen) atoms. The van der Waals surface area contributed by atoms with E-state index in [9.17, 15) is 9.59 Å². The molecule has 0 aromatic heterocycles. The molecule has 6 heteroatoms. The van der Waals surface area contributed by atoms with Crippen molar-refractivity contribution in [2.75, 3.05) is 33.7 Å². The molecule has 136 valence electrons. The van der Waals surface area contributed by atoms with E-state index in [-0.39, 0.29) is 23.3 Å². The van der Waals surface area contributed by atoms with Crippen molar-refractivity contribution in [3.63, 3.8) is 0 Å². The molecule has 1 aliphatic heterocycles. The molecule has 2 aliphatic rings. The van der Waals surface area contributed by atoms with Crippen molar-refractivity contribution >= 4 is 23.4 Å². The summed E-state index contributed by atoms with van der Waals surface area (Å²) in [5.74, 6) is -0.117. The third-order valence-corrected chi connectivity index (χ3v) is 5.35. The highest BCUT2D eigenvalue weighted by molar-refractivity contribution is 6.30. The Morgan fingerprint density at radius 2 is 2.00 bits per heavy atom. The molecule has 1 N–H and O–H groups in total. The zero-order chi connectivity index (χ0) is 18.0. The second-order valence-corrected chi connectivity index (χ2v) is 8.05. The van der Waals surface area contributed by atoms with Crippen LogP contribution in [0, 0.1) is 5.92 Å². The van der Waals surface area contributed by atoms with Gasteiger partial charge in [-0.05, 0) is 51.1 Å². The van der Waals surface area contributed by atoms with E-state index in [0.717, 1.165) is 30.8 Å². The number of likely N-dealkylation sites (tertiary alicyclic amines) is 1. The Labute approximate surface area is 154 Å². The Balaban J connectivity index is 1.53. The van der Waals surface area contributed by atoms with Crippen molar-refractivity contribution in [1.29, 1.82) is 0 Å². The van der Waals surface area contributed by atoms with Crippen LogP contribution in [0.15, 0.2) is 24.3 Å². The van der Waals surface area contributed by atoms with Crippen LogP contribution in [0.3, 0.4) is 0 Å². The summed E-state index contributed by atoms with van der Waals surface area (Å²) in [4.78, 5) is 28.6. The SMILES string of the molecule is CN(C)CCN1C[C@H](C(=O)NC2(Cc3ccc(Cl)cc3)CC2)CC1=O. The Bertz CT molecular complexity index is 641. The van der Waals surface area contributed by atoms with Crippen molar-refractivity contribution in [3.05, 3.63) is 34.9 Å². The lowest BCUT2D eigenvalue weighted by molar-refractivity contribution is -0.129. The summed E-state index contributed by atoms with van der Waals surface area (Å²) in [6.07, 6.45) is 3.13. The molecule has 1 saturated heterocycles. The van der Waals surface area contributed by atoms with Gasteiger partial charge in [0, 0.05) is 36.6 Å². The predicted octanol–water partition coefficient (Wildman–Crippen LogP) is 1.94. The van der Waals surface area contributed by atoms with Crippen molar-refractivity contribution in [2.45, 2.75) is 31.2 Å². The molecule has 0 spiro atoms. The normalized spacial score (nSPS) is 21.7. The number of likely N-dealkylation sites (N-methyl/N-ethyl adjacent to an activating group) is 1. The predicted molar refractivity (Wildman–Crippen MR) is 98.5 cm³/mol.